The molecule has 0 radical (unpaired) electrons. The Labute approximate surface area is 130 Å². The first-order chi connectivity index (χ1) is 9.54. The van der Waals surface area contributed by atoms with E-state index < -0.39 is 0 Å². The van der Waals surface area contributed by atoms with E-state index >= 15 is 0 Å². The van der Waals surface area contributed by atoms with E-state index in [1.165, 1.54) is 0 Å². The lowest BCUT2D eigenvalue weighted by Crippen LogP contribution is -1.98. The summed E-state index contributed by atoms with van der Waals surface area (Å²) in [5.41, 5.74) is 7.30. The van der Waals surface area contributed by atoms with E-state index in [1.807, 2.05) is 0 Å². The summed E-state index contributed by atoms with van der Waals surface area (Å²) >= 11 is 18.0. The van der Waals surface area contributed by atoms with Gasteiger partial charge in [-0.1, -0.05) is 34.8 Å². The van der Waals surface area contributed by atoms with Gasteiger partial charge >= 0.3 is 0 Å². The fourth-order valence-corrected chi connectivity index (χ4v) is 2.58. The Morgan fingerprint density at radius 2 is 1.55 bits per heavy atom. The zero-order valence-corrected chi connectivity index (χ0v) is 12.3. The van der Waals surface area contributed by atoms with E-state index in [1.54, 1.807) is 36.4 Å². The SMILES string of the molecule is Nc1nc(-c2ccc(Cl)cc2Cl)nc2cc(Cl)ccc12. The van der Waals surface area contributed by atoms with Gasteiger partial charge in [0.25, 0.3) is 0 Å². The second-order valence-electron chi connectivity index (χ2n) is 4.22. The van der Waals surface area contributed by atoms with E-state index in [2.05, 4.69) is 9.97 Å². The molecule has 0 unspecified atom stereocenters. The largest absolute Gasteiger partial charge is 0.383 e. The van der Waals surface area contributed by atoms with Crippen molar-refractivity contribution < 1.29 is 0 Å². The molecular formula is C14H8Cl3N3. The van der Waals surface area contributed by atoms with Crippen molar-refractivity contribution in [1.29, 1.82) is 0 Å². The van der Waals surface area contributed by atoms with Crippen molar-refractivity contribution in [2.24, 2.45) is 0 Å². The van der Waals surface area contributed by atoms with E-state index in [0.29, 0.717) is 37.8 Å². The molecule has 3 aromatic rings. The Morgan fingerprint density at radius 1 is 0.850 bits per heavy atom. The summed E-state index contributed by atoms with van der Waals surface area (Å²) in [5.74, 6) is 0.826. The van der Waals surface area contributed by atoms with Crippen molar-refractivity contribution in [3.05, 3.63) is 51.5 Å². The van der Waals surface area contributed by atoms with Gasteiger partial charge in [-0.15, -0.1) is 0 Å². The van der Waals surface area contributed by atoms with Gasteiger partial charge in [-0.2, -0.15) is 0 Å². The molecule has 0 aliphatic carbocycles. The smallest absolute Gasteiger partial charge is 0.163 e. The van der Waals surface area contributed by atoms with Gasteiger partial charge in [0.2, 0.25) is 0 Å². The van der Waals surface area contributed by atoms with Crippen LogP contribution >= 0.6 is 34.8 Å². The molecule has 20 heavy (non-hydrogen) atoms. The van der Waals surface area contributed by atoms with Crippen LogP contribution < -0.4 is 5.73 Å². The molecule has 6 heteroatoms. The molecule has 2 N–H and O–H groups in total. The van der Waals surface area contributed by atoms with E-state index in [0.717, 1.165) is 5.39 Å². The highest BCUT2D eigenvalue weighted by atomic mass is 35.5. The minimum atomic E-state index is 0.382. The maximum atomic E-state index is 6.17. The van der Waals surface area contributed by atoms with Crippen LogP contribution in [-0.4, -0.2) is 9.97 Å². The zero-order chi connectivity index (χ0) is 14.3. The van der Waals surface area contributed by atoms with Crippen LogP contribution in [0.25, 0.3) is 22.3 Å². The molecule has 100 valence electrons. The van der Waals surface area contributed by atoms with Crippen LogP contribution in [0.5, 0.6) is 0 Å². The van der Waals surface area contributed by atoms with Gasteiger partial charge < -0.3 is 5.73 Å². The van der Waals surface area contributed by atoms with Gasteiger partial charge in [-0.25, -0.2) is 9.97 Å². The second kappa shape index (κ2) is 5.09. The molecule has 0 fully saturated rings. The number of halogens is 3. The van der Waals surface area contributed by atoms with Gasteiger partial charge in [0.05, 0.1) is 10.5 Å². The summed E-state index contributed by atoms with van der Waals surface area (Å²) in [7, 11) is 0. The lowest BCUT2D eigenvalue weighted by Gasteiger charge is -2.07. The first-order valence-electron chi connectivity index (χ1n) is 5.73. The number of anilines is 1. The number of rotatable bonds is 1. The van der Waals surface area contributed by atoms with E-state index in [4.69, 9.17) is 40.5 Å². The Morgan fingerprint density at radius 3 is 2.30 bits per heavy atom. The summed E-state index contributed by atoms with van der Waals surface area (Å²) < 4.78 is 0. The van der Waals surface area contributed by atoms with Crippen LogP contribution in [0.2, 0.25) is 15.1 Å². The highest BCUT2D eigenvalue weighted by Crippen LogP contribution is 2.31. The first kappa shape index (κ1) is 13.4. The number of hydrogen-bond acceptors (Lipinski definition) is 3. The van der Waals surface area contributed by atoms with Gasteiger partial charge in [-0.3, -0.25) is 0 Å². The normalized spacial score (nSPS) is 10.9. The van der Waals surface area contributed by atoms with Crippen molar-refractivity contribution in [3.63, 3.8) is 0 Å². The molecule has 2 aromatic carbocycles. The average molecular weight is 325 g/mol. The van der Waals surface area contributed by atoms with Crippen molar-refractivity contribution in [2.45, 2.75) is 0 Å². The number of fused-ring (bicyclic) bond motifs is 1. The van der Waals surface area contributed by atoms with Crippen LogP contribution in [0.4, 0.5) is 5.82 Å². The van der Waals surface area contributed by atoms with Crippen molar-refractivity contribution in [1.82, 2.24) is 9.97 Å². The minimum Gasteiger partial charge on any atom is -0.383 e. The third-order valence-corrected chi connectivity index (χ3v) is 3.64. The highest BCUT2D eigenvalue weighted by Gasteiger charge is 2.11. The molecule has 3 nitrogen and oxygen atoms in total. The minimum absolute atomic E-state index is 0.382. The van der Waals surface area contributed by atoms with Crippen molar-refractivity contribution in [3.8, 4) is 11.4 Å². The molecule has 0 aliphatic rings. The quantitative estimate of drug-likeness (QED) is 0.697. The Kier molecular flexibility index (Phi) is 3.42. The van der Waals surface area contributed by atoms with Crippen LogP contribution in [0.15, 0.2) is 36.4 Å². The highest BCUT2D eigenvalue weighted by molar-refractivity contribution is 6.36. The van der Waals surface area contributed by atoms with Crippen LogP contribution in [0.1, 0.15) is 0 Å². The fourth-order valence-electron chi connectivity index (χ4n) is 1.92. The summed E-state index contributed by atoms with van der Waals surface area (Å²) in [6.45, 7) is 0. The molecule has 0 atom stereocenters. The molecular weight excluding hydrogens is 317 g/mol. The maximum absolute atomic E-state index is 6.17. The lowest BCUT2D eigenvalue weighted by atomic mass is 10.2. The number of nitrogens with zero attached hydrogens (tertiary/aromatic N) is 2. The molecule has 1 heterocycles. The van der Waals surface area contributed by atoms with E-state index in [9.17, 15) is 0 Å². The summed E-state index contributed by atoms with van der Waals surface area (Å²) in [6, 6.07) is 10.4. The lowest BCUT2D eigenvalue weighted by molar-refractivity contribution is 1.23. The van der Waals surface area contributed by atoms with Crippen LogP contribution in [0.3, 0.4) is 0 Å². The summed E-state index contributed by atoms with van der Waals surface area (Å²) in [4.78, 5) is 8.74. The average Bonchev–Trinajstić information content (AvgIpc) is 2.37. The molecule has 0 saturated heterocycles. The number of aromatic nitrogens is 2. The monoisotopic (exact) mass is 323 g/mol. The molecule has 0 amide bonds. The van der Waals surface area contributed by atoms with Gasteiger partial charge in [0, 0.05) is 21.0 Å². The summed E-state index contributed by atoms with van der Waals surface area (Å²) in [5, 5.41) is 2.36. The van der Waals surface area contributed by atoms with Crippen molar-refractivity contribution in [2.75, 3.05) is 5.73 Å². The molecule has 0 aliphatic heterocycles. The van der Waals surface area contributed by atoms with Gasteiger partial charge in [-0.05, 0) is 36.4 Å². The molecule has 0 bridgehead atoms. The standard InChI is InChI=1S/C14H8Cl3N3/c15-7-1-3-9(11(17)5-7)14-19-12-6-8(16)2-4-10(12)13(18)20-14/h1-6H,(H2,18,19,20). The van der Waals surface area contributed by atoms with E-state index in [-0.39, 0.29) is 0 Å². The Bertz CT molecular complexity index is 818. The fraction of sp³-hybridized carbons (Fsp3) is 0. The number of nitrogens with two attached hydrogens (primary N) is 1. The van der Waals surface area contributed by atoms with Crippen LogP contribution in [0, 0.1) is 0 Å². The van der Waals surface area contributed by atoms with Gasteiger partial charge in [0.1, 0.15) is 5.82 Å². The maximum Gasteiger partial charge on any atom is 0.163 e. The second-order valence-corrected chi connectivity index (χ2v) is 5.50. The third-order valence-electron chi connectivity index (χ3n) is 2.86. The van der Waals surface area contributed by atoms with Crippen molar-refractivity contribution >= 4 is 51.5 Å². The predicted molar refractivity (Wildman–Crippen MR) is 84.4 cm³/mol. The number of benzene rings is 2. The predicted octanol–water partition coefficient (Wildman–Crippen LogP) is 4.84. The third kappa shape index (κ3) is 2.40. The summed E-state index contributed by atoms with van der Waals surface area (Å²) in [6.07, 6.45) is 0. The molecule has 1 aromatic heterocycles. The Balaban J connectivity index is 2.26. The molecule has 0 spiro atoms. The zero-order valence-electron chi connectivity index (χ0n) is 10.1. The molecule has 0 saturated carbocycles. The van der Waals surface area contributed by atoms with Gasteiger partial charge in [0.15, 0.2) is 5.82 Å². The molecule has 3 rings (SSSR count). The Hall–Kier alpha value is -1.55. The van der Waals surface area contributed by atoms with Crippen LogP contribution in [-0.2, 0) is 0 Å². The number of nitrogen functional groups attached to an aromatic ring is 1. The first-order valence-corrected chi connectivity index (χ1v) is 6.86. The topological polar surface area (TPSA) is 51.8 Å². The number of hydrogen-bond donors (Lipinski definition) is 1.